The van der Waals surface area contributed by atoms with Gasteiger partial charge in [0.15, 0.2) is 5.75 Å². The van der Waals surface area contributed by atoms with E-state index in [2.05, 4.69) is 14.9 Å². The number of anilines is 1. The molecule has 20 heavy (non-hydrogen) atoms. The van der Waals surface area contributed by atoms with Crippen molar-refractivity contribution in [1.82, 2.24) is 9.59 Å². The van der Waals surface area contributed by atoms with E-state index < -0.39 is 0 Å². The molecule has 1 amide bonds. The second-order valence-corrected chi connectivity index (χ2v) is 5.61. The predicted molar refractivity (Wildman–Crippen MR) is 80.0 cm³/mol. The van der Waals surface area contributed by atoms with Crippen molar-refractivity contribution in [1.29, 1.82) is 0 Å². The molecule has 2 N–H and O–H groups in total. The Morgan fingerprint density at radius 2 is 2.05 bits per heavy atom. The summed E-state index contributed by atoms with van der Waals surface area (Å²) in [5, 5.41) is 16.2. The molecule has 0 saturated heterocycles. The third kappa shape index (κ3) is 3.20. The first kappa shape index (κ1) is 15.0. The van der Waals surface area contributed by atoms with Crippen LogP contribution in [0.2, 0.25) is 10.0 Å². The second-order valence-electron chi connectivity index (χ2n) is 4.04. The van der Waals surface area contributed by atoms with Gasteiger partial charge < -0.3 is 10.4 Å². The molecule has 0 aliphatic carbocycles. The molecule has 1 heterocycles. The summed E-state index contributed by atoms with van der Waals surface area (Å²) in [5.74, 6) is -0.529. The lowest BCUT2D eigenvalue weighted by molar-refractivity contribution is 0.102. The molecule has 2 aromatic rings. The van der Waals surface area contributed by atoms with Crippen LogP contribution >= 0.6 is 34.7 Å². The molecule has 0 unspecified atom stereocenters. The number of benzene rings is 1. The minimum absolute atomic E-state index is 0.0732. The number of hydrogen-bond donors (Lipinski definition) is 2. The molecule has 8 heteroatoms. The van der Waals surface area contributed by atoms with Crippen LogP contribution in [0.25, 0.3) is 0 Å². The van der Waals surface area contributed by atoms with Gasteiger partial charge in [0.2, 0.25) is 0 Å². The summed E-state index contributed by atoms with van der Waals surface area (Å²) >= 11 is 12.6. The van der Waals surface area contributed by atoms with Crippen molar-refractivity contribution >= 4 is 46.3 Å². The van der Waals surface area contributed by atoms with Gasteiger partial charge in [0.25, 0.3) is 5.91 Å². The number of amides is 1. The standard InChI is InChI=1S/C12H11Cl2N3O2S/c1-2-3-9-11(20-17-16-9)12(19)15-6-4-7(13)10(18)8(14)5-6/h4-5,18H,2-3H2,1H3,(H,15,19). The Morgan fingerprint density at radius 3 is 2.65 bits per heavy atom. The molecular weight excluding hydrogens is 321 g/mol. The summed E-state index contributed by atoms with van der Waals surface area (Å²) < 4.78 is 3.79. The fraction of sp³-hybridized carbons (Fsp3) is 0.250. The van der Waals surface area contributed by atoms with Crippen LogP contribution in [0, 0.1) is 0 Å². The van der Waals surface area contributed by atoms with Gasteiger partial charge in [-0.05, 0) is 30.1 Å². The molecule has 106 valence electrons. The Hall–Kier alpha value is -1.37. The van der Waals surface area contributed by atoms with E-state index in [1.54, 1.807) is 0 Å². The maximum absolute atomic E-state index is 12.1. The lowest BCUT2D eigenvalue weighted by atomic mass is 10.2. The average molecular weight is 332 g/mol. The van der Waals surface area contributed by atoms with Gasteiger partial charge in [0.1, 0.15) is 4.88 Å². The minimum Gasteiger partial charge on any atom is -0.505 e. The topological polar surface area (TPSA) is 75.1 Å². The lowest BCUT2D eigenvalue weighted by Crippen LogP contribution is -2.12. The van der Waals surface area contributed by atoms with E-state index in [0.29, 0.717) is 22.7 Å². The largest absolute Gasteiger partial charge is 0.505 e. The van der Waals surface area contributed by atoms with Crippen LogP contribution in [0.5, 0.6) is 5.75 Å². The van der Waals surface area contributed by atoms with Gasteiger partial charge in [-0.25, -0.2) is 0 Å². The van der Waals surface area contributed by atoms with Crippen LogP contribution in [0.3, 0.4) is 0 Å². The first-order valence-electron chi connectivity index (χ1n) is 5.83. The number of halogens is 2. The number of aryl methyl sites for hydroxylation is 1. The molecule has 0 aliphatic heterocycles. The van der Waals surface area contributed by atoms with Gasteiger partial charge in [-0.1, -0.05) is 41.0 Å². The fourth-order valence-electron chi connectivity index (χ4n) is 1.61. The molecular formula is C12H11Cl2N3O2S. The van der Waals surface area contributed by atoms with Gasteiger partial charge in [-0.3, -0.25) is 4.79 Å². The summed E-state index contributed by atoms with van der Waals surface area (Å²) in [4.78, 5) is 12.6. The first-order valence-corrected chi connectivity index (χ1v) is 7.36. The molecule has 0 aliphatic rings. The van der Waals surface area contributed by atoms with Gasteiger partial charge in [0.05, 0.1) is 15.7 Å². The number of nitrogens with one attached hydrogen (secondary N) is 1. The average Bonchev–Trinajstić information content (AvgIpc) is 2.84. The highest BCUT2D eigenvalue weighted by Crippen LogP contribution is 2.34. The van der Waals surface area contributed by atoms with Gasteiger partial charge in [-0.2, -0.15) is 0 Å². The number of phenols is 1. The highest BCUT2D eigenvalue weighted by atomic mass is 35.5. The molecule has 0 bridgehead atoms. The normalized spacial score (nSPS) is 10.6. The lowest BCUT2D eigenvalue weighted by Gasteiger charge is -2.07. The van der Waals surface area contributed by atoms with Gasteiger partial charge >= 0.3 is 0 Å². The smallest absolute Gasteiger partial charge is 0.269 e. The maximum Gasteiger partial charge on any atom is 0.269 e. The predicted octanol–water partition coefficient (Wildman–Crippen LogP) is 3.76. The highest BCUT2D eigenvalue weighted by molar-refractivity contribution is 7.08. The quantitative estimate of drug-likeness (QED) is 0.836. The molecule has 1 aromatic heterocycles. The van der Waals surface area contributed by atoms with E-state index in [0.717, 1.165) is 18.0 Å². The zero-order valence-corrected chi connectivity index (χ0v) is 12.8. The van der Waals surface area contributed by atoms with E-state index >= 15 is 0 Å². The molecule has 0 saturated carbocycles. The number of aromatic nitrogens is 2. The van der Waals surface area contributed by atoms with Crippen molar-refractivity contribution < 1.29 is 9.90 Å². The summed E-state index contributed by atoms with van der Waals surface area (Å²) in [7, 11) is 0. The van der Waals surface area contributed by atoms with E-state index in [9.17, 15) is 9.90 Å². The van der Waals surface area contributed by atoms with Crippen molar-refractivity contribution in [2.24, 2.45) is 0 Å². The second kappa shape index (κ2) is 6.39. The number of carbonyl (C=O) groups is 1. The van der Waals surface area contributed by atoms with E-state index in [1.165, 1.54) is 12.1 Å². The number of phenolic OH excluding ortho intramolecular Hbond substituents is 1. The van der Waals surface area contributed by atoms with E-state index in [4.69, 9.17) is 23.2 Å². The molecule has 1 aromatic carbocycles. The molecule has 0 radical (unpaired) electrons. The van der Waals surface area contributed by atoms with Crippen LogP contribution in [0.1, 0.15) is 28.7 Å². The fourth-order valence-corrected chi connectivity index (χ4v) is 2.70. The van der Waals surface area contributed by atoms with Crippen molar-refractivity contribution in [3.63, 3.8) is 0 Å². The van der Waals surface area contributed by atoms with Crippen molar-refractivity contribution in [2.45, 2.75) is 19.8 Å². The van der Waals surface area contributed by atoms with Crippen LogP contribution in [-0.2, 0) is 6.42 Å². The monoisotopic (exact) mass is 331 g/mol. The number of rotatable bonds is 4. The zero-order valence-electron chi connectivity index (χ0n) is 10.5. The molecule has 0 atom stereocenters. The minimum atomic E-state index is -0.318. The Morgan fingerprint density at radius 1 is 1.40 bits per heavy atom. The molecule has 5 nitrogen and oxygen atoms in total. The van der Waals surface area contributed by atoms with E-state index in [1.807, 2.05) is 6.92 Å². The number of nitrogens with zero attached hydrogens (tertiary/aromatic N) is 2. The Kier molecular flexibility index (Phi) is 4.80. The molecule has 2 rings (SSSR count). The highest BCUT2D eigenvalue weighted by Gasteiger charge is 2.17. The van der Waals surface area contributed by atoms with E-state index in [-0.39, 0.29) is 21.7 Å². The third-order valence-corrected chi connectivity index (χ3v) is 3.87. The van der Waals surface area contributed by atoms with Crippen LogP contribution in [-0.4, -0.2) is 20.6 Å². The Labute approximate surface area is 129 Å². The number of aromatic hydroxyl groups is 1. The molecule has 0 fully saturated rings. The Balaban J connectivity index is 2.21. The van der Waals surface area contributed by atoms with Gasteiger partial charge in [0, 0.05) is 5.69 Å². The first-order chi connectivity index (χ1) is 9.52. The summed E-state index contributed by atoms with van der Waals surface area (Å²) in [6, 6.07) is 2.85. The van der Waals surface area contributed by atoms with Crippen LogP contribution in [0.15, 0.2) is 12.1 Å². The number of carbonyl (C=O) groups excluding carboxylic acids is 1. The van der Waals surface area contributed by atoms with Crippen molar-refractivity contribution in [2.75, 3.05) is 5.32 Å². The van der Waals surface area contributed by atoms with Crippen molar-refractivity contribution in [3.05, 3.63) is 32.7 Å². The Bertz CT molecular complexity index is 622. The summed E-state index contributed by atoms with van der Waals surface area (Å²) in [6.07, 6.45) is 1.57. The zero-order chi connectivity index (χ0) is 14.7. The number of hydrogen-bond acceptors (Lipinski definition) is 5. The SMILES string of the molecule is CCCc1nnsc1C(=O)Nc1cc(Cl)c(O)c(Cl)c1. The van der Waals surface area contributed by atoms with Crippen LogP contribution < -0.4 is 5.32 Å². The van der Waals surface area contributed by atoms with Gasteiger partial charge in [-0.15, -0.1) is 5.10 Å². The maximum atomic E-state index is 12.1. The molecule has 0 spiro atoms. The van der Waals surface area contributed by atoms with Crippen molar-refractivity contribution in [3.8, 4) is 5.75 Å². The summed E-state index contributed by atoms with van der Waals surface area (Å²) in [6.45, 7) is 2.00. The third-order valence-electron chi connectivity index (χ3n) is 2.52. The summed E-state index contributed by atoms with van der Waals surface area (Å²) in [5.41, 5.74) is 1.07. The van der Waals surface area contributed by atoms with Crippen LogP contribution in [0.4, 0.5) is 5.69 Å².